The van der Waals surface area contributed by atoms with E-state index >= 15 is 0 Å². The first kappa shape index (κ1) is 19.2. The fraction of sp³-hybridized carbons (Fsp3) is 0.214. The van der Waals surface area contributed by atoms with Gasteiger partial charge in [-0.15, -0.1) is 0 Å². The van der Waals surface area contributed by atoms with Gasteiger partial charge >= 0.3 is 0 Å². The van der Waals surface area contributed by atoms with Crippen molar-refractivity contribution >= 4 is 31.4 Å². The van der Waals surface area contributed by atoms with Gasteiger partial charge < -0.3 is 4.98 Å². The van der Waals surface area contributed by atoms with Crippen LogP contribution in [-0.4, -0.2) is 45.6 Å². The number of rotatable bonds is 4. The molecule has 0 radical (unpaired) electrons. The van der Waals surface area contributed by atoms with E-state index in [0.717, 1.165) is 30.3 Å². The molecule has 1 aromatic heterocycles. The lowest BCUT2D eigenvalue weighted by Gasteiger charge is -2.11. The van der Waals surface area contributed by atoms with Crippen LogP contribution < -0.4 is 5.56 Å². The molecule has 0 amide bonds. The van der Waals surface area contributed by atoms with Gasteiger partial charge in [0.1, 0.15) is 11.6 Å². The molecule has 0 bridgehead atoms. The van der Waals surface area contributed by atoms with E-state index in [1.807, 2.05) is 0 Å². The zero-order valence-electron chi connectivity index (χ0n) is 13.4. The van der Waals surface area contributed by atoms with Crippen molar-refractivity contribution in [1.82, 2.24) is 9.97 Å². The van der Waals surface area contributed by atoms with E-state index in [4.69, 9.17) is 0 Å². The van der Waals surface area contributed by atoms with E-state index in [9.17, 15) is 26.9 Å². The molecule has 8 nitrogen and oxygen atoms in total. The third kappa shape index (κ3) is 3.92. The maximum atomic E-state index is 12.1. The zero-order valence-corrected chi connectivity index (χ0v) is 15.8. The molecule has 0 spiro atoms. The predicted molar refractivity (Wildman–Crippen MR) is 93.0 cm³/mol. The highest BCUT2D eigenvalue weighted by Gasteiger charge is 2.23. The van der Waals surface area contributed by atoms with Crippen molar-refractivity contribution in [3.63, 3.8) is 0 Å². The minimum Gasteiger partial charge on any atom is -0.300 e. The second-order valence-electron chi connectivity index (χ2n) is 5.11. The number of nitrogens with zero attached hydrogens (tertiary/aromatic N) is 2. The number of thioether (sulfide) groups is 1. The third-order valence-electron chi connectivity index (χ3n) is 3.24. The molecule has 11 heteroatoms. The normalized spacial score (nSPS) is 11.9. The summed E-state index contributed by atoms with van der Waals surface area (Å²) in [6.07, 6.45) is 3.51. The summed E-state index contributed by atoms with van der Waals surface area (Å²) in [5.74, 6) is 0. The topological polar surface area (TPSA) is 138 Å². The van der Waals surface area contributed by atoms with Crippen molar-refractivity contribution < 1.29 is 16.8 Å². The molecule has 0 aliphatic heterocycles. The summed E-state index contributed by atoms with van der Waals surface area (Å²) in [6, 6.07) is 5.16. The summed E-state index contributed by atoms with van der Waals surface area (Å²) in [7, 11) is -7.50. The van der Waals surface area contributed by atoms with Gasteiger partial charge in [-0.3, -0.25) is 4.79 Å². The summed E-state index contributed by atoms with van der Waals surface area (Å²) in [4.78, 5) is 18.1. The average Bonchev–Trinajstić information content (AvgIpc) is 2.51. The van der Waals surface area contributed by atoms with Crippen LogP contribution in [0.2, 0.25) is 0 Å². The Morgan fingerprint density at radius 2 is 1.80 bits per heavy atom. The van der Waals surface area contributed by atoms with Crippen LogP contribution in [0.3, 0.4) is 0 Å². The number of nitriles is 1. The smallest absolute Gasteiger partial charge is 0.270 e. The number of aromatic amines is 1. The van der Waals surface area contributed by atoms with Crippen molar-refractivity contribution in [3.05, 3.63) is 34.1 Å². The fourth-order valence-corrected chi connectivity index (χ4v) is 4.09. The molecule has 25 heavy (non-hydrogen) atoms. The van der Waals surface area contributed by atoms with Crippen molar-refractivity contribution in [2.45, 2.75) is 14.9 Å². The number of sulfone groups is 2. The molecule has 0 saturated carbocycles. The van der Waals surface area contributed by atoms with Crippen molar-refractivity contribution in [1.29, 1.82) is 5.26 Å². The van der Waals surface area contributed by atoms with Gasteiger partial charge in [0.25, 0.3) is 5.56 Å². The maximum Gasteiger partial charge on any atom is 0.270 e. The summed E-state index contributed by atoms with van der Waals surface area (Å²) in [6.45, 7) is 0. The van der Waals surface area contributed by atoms with Crippen molar-refractivity contribution in [3.8, 4) is 17.3 Å². The fourth-order valence-electron chi connectivity index (χ4n) is 2.08. The summed E-state index contributed by atoms with van der Waals surface area (Å²) in [5.41, 5.74) is -1.18. The van der Waals surface area contributed by atoms with E-state index < -0.39 is 25.2 Å². The second kappa shape index (κ2) is 6.62. The number of benzene rings is 1. The molecule has 2 rings (SSSR count). The van der Waals surface area contributed by atoms with E-state index in [1.165, 1.54) is 12.1 Å². The molecule has 0 aliphatic carbocycles. The molecule has 0 aliphatic rings. The minimum absolute atomic E-state index is 0.00662. The quantitative estimate of drug-likeness (QED) is 0.589. The number of hydrogen-bond acceptors (Lipinski definition) is 8. The zero-order chi connectivity index (χ0) is 19.0. The van der Waals surface area contributed by atoms with Crippen LogP contribution in [0.15, 0.2) is 37.9 Å². The maximum absolute atomic E-state index is 12.1. The van der Waals surface area contributed by atoms with E-state index in [-0.39, 0.29) is 31.8 Å². The Morgan fingerprint density at radius 3 is 2.28 bits per heavy atom. The molecule has 1 N–H and O–H groups in total. The molecule has 0 unspecified atom stereocenters. The highest BCUT2D eigenvalue weighted by molar-refractivity contribution is 7.98. The van der Waals surface area contributed by atoms with Crippen LogP contribution in [0, 0.1) is 11.3 Å². The van der Waals surface area contributed by atoms with Crippen molar-refractivity contribution in [2.24, 2.45) is 0 Å². The molecule has 0 saturated heterocycles. The van der Waals surface area contributed by atoms with Crippen LogP contribution >= 0.6 is 11.8 Å². The lowest BCUT2D eigenvalue weighted by atomic mass is 10.1. The van der Waals surface area contributed by atoms with E-state index in [2.05, 4.69) is 9.97 Å². The van der Waals surface area contributed by atoms with Crippen molar-refractivity contribution in [2.75, 3.05) is 18.8 Å². The average molecular weight is 399 g/mol. The van der Waals surface area contributed by atoms with Crippen LogP contribution in [0.5, 0.6) is 0 Å². The van der Waals surface area contributed by atoms with Gasteiger partial charge in [0.05, 0.1) is 15.5 Å². The summed E-state index contributed by atoms with van der Waals surface area (Å²) in [5, 5.41) is 9.44. The van der Waals surface area contributed by atoms with Crippen LogP contribution in [0.25, 0.3) is 11.3 Å². The predicted octanol–water partition coefficient (Wildman–Crippen LogP) is 0.837. The third-order valence-corrected chi connectivity index (χ3v) is 6.07. The Kier molecular flexibility index (Phi) is 5.08. The first-order chi connectivity index (χ1) is 11.5. The van der Waals surface area contributed by atoms with Gasteiger partial charge in [-0.05, 0) is 18.4 Å². The second-order valence-corrected chi connectivity index (χ2v) is 9.91. The number of H-pyrrole nitrogens is 1. The SMILES string of the molecule is CSc1nc(-c2ccc(S(C)(=O)=O)cc2S(C)(=O)=O)c(C#N)c(=O)[nH]1. The molecule has 0 fully saturated rings. The molecule has 2 aromatic rings. The summed E-state index contributed by atoms with van der Waals surface area (Å²) >= 11 is 1.11. The monoisotopic (exact) mass is 399 g/mol. The Labute approximate surface area is 148 Å². The largest absolute Gasteiger partial charge is 0.300 e. The molecular weight excluding hydrogens is 386 g/mol. The van der Waals surface area contributed by atoms with Crippen LogP contribution in [-0.2, 0) is 19.7 Å². The van der Waals surface area contributed by atoms with E-state index in [0.29, 0.717) is 0 Å². The van der Waals surface area contributed by atoms with E-state index in [1.54, 1.807) is 12.3 Å². The molecule has 1 heterocycles. The molecule has 1 aromatic carbocycles. The summed E-state index contributed by atoms with van der Waals surface area (Å²) < 4.78 is 47.7. The van der Waals surface area contributed by atoms with Gasteiger partial charge in [0.2, 0.25) is 0 Å². The van der Waals surface area contributed by atoms with Gasteiger partial charge in [0.15, 0.2) is 24.8 Å². The van der Waals surface area contributed by atoms with Gasteiger partial charge in [-0.2, -0.15) is 5.26 Å². The lowest BCUT2D eigenvalue weighted by molar-refractivity contribution is 0.600. The van der Waals surface area contributed by atoms with Gasteiger partial charge in [-0.25, -0.2) is 21.8 Å². The van der Waals surface area contributed by atoms with Gasteiger partial charge in [-0.1, -0.05) is 17.8 Å². The Morgan fingerprint density at radius 1 is 1.16 bits per heavy atom. The highest BCUT2D eigenvalue weighted by Crippen LogP contribution is 2.30. The number of hydrogen-bond donors (Lipinski definition) is 1. The molecule has 132 valence electrons. The van der Waals surface area contributed by atoms with Gasteiger partial charge in [0, 0.05) is 18.1 Å². The molecule has 0 atom stereocenters. The number of aromatic nitrogens is 2. The Balaban J connectivity index is 2.97. The Hall–Kier alpha value is -2.16. The number of nitrogens with one attached hydrogen (secondary N) is 1. The van der Waals surface area contributed by atoms with Crippen LogP contribution in [0.1, 0.15) is 5.56 Å². The minimum atomic E-state index is -3.85. The Bertz CT molecular complexity index is 1160. The standard InChI is InChI=1S/C14H13N3O5S3/c1-23-14-16-12(10(7-15)13(18)17-14)9-5-4-8(24(2,19)20)6-11(9)25(3,21)22/h4-6H,1-3H3,(H,16,17,18). The first-order valence-electron chi connectivity index (χ1n) is 6.62. The highest BCUT2D eigenvalue weighted by atomic mass is 32.2. The van der Waals surface area contributed by atoms with Crippen LogP contribution in [0.4, 0.5) is 0 Å². The first-order valence-corrected chi connectivity index (χ1v) is 11.6. The molecular formula is C14H13N3O5S3. The lowest BCUT2D eigenvalue weighted by Crippen LogP contribution is -2.15.